The van der Waals surface area contributed by atoms with Crippen molar-refractivity contribution in [1.82, 2.24) is 10.2 Å². The fraction of sp³-hybridized carbons (Fsp3) is 0.533. The first-order chi connectivity index (χ1) is 9.92. The van der Waals surface area contributed by atoms with E-state index in [1.807, 2.05) is 0 Å². The number of hydrogen-bond acceptors (Lipinski definition) is 3. The molecule has 0 bridgehead atoms. The van der Waals surface area contributed by atoms with Crippen molar-refractivity contribution in [3.63, 3.8) is 0 Å². The van der Waals surface area contributed by atoms with Crippen molar-refractivity contribution in [1.29, 1.82) is 0 Å². The SMILES string of the molecule is CO[C@H]1CN(C(C)C)C[C@@H]1NC(=O)c1ccc(Cl)c(Cl)c1. The Morgan fingerprint density at radius 3 is 2.62 bits per heavy atom. The molecule has 1 aliphatic rings. The van der Waals surface area contributed by atoms with Gasteiger partial charge in [-0.25, -0.2) is 0 Å². The Morgan fingerprint density at radius 1 is 1.33 bits per heavy atom. The third-order valence-electron chi connectivity index (χ3n) is 3.83. The Bertz CT molecular complexity index is 522. The monoisotopic (exact) mass is 330 g/mol. The van der Waals surface area contributed by atoms with Gasteiger partial charge in [0.2, 0.25) is 0 Å². The largest absolute Gasteiger partial charge is 0.378 e. The van der Waals surface area contributed by atoms with Gasteiger partial charge >= 0.3 is 0 Å². The number of nitrogens with one attached hydrogen (secondary N) is 1. The van der Waals surface area contributed by atoms with Gasteiger partial charge in [0.1, 0.15) is 0 Å². The predicted molar refractivity (Wildman–Crippen MR) is 85.2 cm³/mol. The third kappa shape index (κ3) is 3.89. The van der Waals surface area contributed by atoms with E-state index in [-0.39, 0.29) is 18.1 Å². The summed E-state index contributed by atoms with van der Waals surface area (Å²) < 4.78 is 5.48. The number of benzene rings is 1. The number of hydrogen-bond donors (Lipinski definition) is 1. The summed E-state index contributed by atoms with van der Waals surface area (Å²) in [7, 11) is 1.67. The van der Waals surface area contributed by atoms with Gasteiger partial charge in [-0.05, 0) is 32.0 Å². The van der Waals surface area contributed by atoms with Crippen molar-refractivity contribution in [2.45, 2.75) is 32.0 Å². The zero-order valence-electron chi connectivity index (χ0n) is 12.4. The number of amides is 1. The van der Waals surface area contributed by atoms with Gasteiger partial charge in [-0.15, -0.1) is 0 Å². The molecule has 1 heterocycles. The number of ether oxygens (including phenoxy) is 1. The minimum Gasteiger partial charge on any atom is -0.378 e. The van der Waals surface area contributed by atoms with Crippen LogP contribution in [0.2, 0.25) is 10.0 Å². The Balaban J connectivity index is 2.06. The lowest BCUT2D eigenvalue weighted by molar-refractivity contribution is 0.0753. The smallest absolute Gasteiger partial charge is 0.251 e. The maximum absolute atomic E-state index is 12.3. The number of carbonyl (C=O) groups excluding carboxylic acids is 1. The lowest BCUT2D eigenvalue weighted by Crippen LogP contribution is -2.43. The van der Waals surface area contributed by atoms with Crippen LogP contribution in [-0.2, 0) is 4.74 Å². The Hall–Kier alpha value is -0.810. The van der Waals surface area contributed by atoms with Gasteiger partial charge in [0.15, 0.2) is 0 Å². The van der Waals surface area contributed by atoms with Crippen LogP contribution in [0.15, 0.2) is 18.2 Å². The fourth-order valence-electron chi connectivity index (χ4n) is 2.49. The molecule has 1 fully saturated rings. The second kappa shape index (κ2) is 6.97. The third-order valence-corrected chi connectivity index (χ3v) is 4.56. The molecular weight excluding hydrogens is 311 g/mol. The Morgan fingerprint density at radius 2 is 2.05 bits per heavy atom. The van der Waals surface area contributed by atoms with Gasteiger partial charge in [-0.3, -0.25) is 9.69 Å². The lowest BCUT2D eigenvalue weighted by atomic mass is 10.1. The van der Waals surface area contributed by atoms with Gasteiger partial charge in [0, 0.05) is 31.8 Å². The van der Waals surface area contributed by atoms with E-state index in [2.05, 4.69) is 24.1 Å². The molecule has 1 amide bonds. The molecule has 0 aromatic heterocycles. The molecule has 1 aromatic carbocycles. The Kier molecular flexibility index (Phi) is 5.49. The topological polar surface area (TPSA) is 41.6 Å². The second-order valence-electron chi connectivity index (χ2n) is 5.53. The van der Waals surface area contributed by atoms with Crippen LogP contribution in [0.25, 0.3) is 0 Å². The quantitative estimate of drug-likeness (QED) is 0.922. The highest BCUT2D eigenvalue weighted by Crippen LogP contribution is 2.23. The maximum atomic E-state index is 12.3. The molecule has 0 spiro atoms. The number of carbonyl (C=O) groups is 1. The molecule has 1 aliphatic heterocycles. The van der Waals surface area contributed by atoms with Gasteiger partial charge < -0.3 is 10.1 Å². The summed E-state index contributed by atoms with van der Waals surface area (Å²) in [6, 6.07) is 5.27. The van der Waals surface area contributed by atoms with Crippen molar-refractivity contribution >= 4 is 29.1 Å². The molecule has 116 valence electrons. The van der Waals surface area contributed by atoms with E-state index in [1.54, 1.807) is 25.3 Å². The number of likely N-dealkylation sites (tertiary alicyclic amines) is 1. The molecular formula is C15H20Cl2N2O2. The predicted octanol–water partition coefficient (Wildman–Crippen LogP) is 2.83. The summed E-state index contributed by atoms with van der Waals surface area (Å²) >= 11 is 11.8. The molecule has 1 saturated heterocycles. The first-order valence-corrected chi connectivity index (χ1v) is 7.70. The van der Waals surface area contributed by atoms with E-state index in [0.29, 0.717) is 21.7 Å². The Labute approximate surface area is 135 Å². The van der Waals surface area contributed by atoms with Crippen LogP contribution in [0.3, 0.4) is 0 Å². The molecule has 0 radical (unpaired) electrons. The molecule has 0 unspecified atom stereocenters. The number of rotatable bonds is 4. The molecule has 1 aromatic rings. The number of nitrogens with zero attached hydrogens (tertiary/aromatic N) is 1. The number of methoxy groups -OCH3 is 1. The highest BCUT2D eigenvalue weighted by atomic mass is 35.5. The van der Waals surface area contributed by atoms with Crippen molar-refractivity contribution in [2.24, 2.45) is 0 Å². The highest BCUT2D eigenvalue weighted by molar-refractivity contribution is 6.42. The van der Waals surface area contributed by atoms with Crippen LogP contribution in [0, 0.1) is 0 Å². The van der Waals surface area contributed by atoms with E-state index in [0.717, 1.165) is 13.1 Å². The van der Waals surface area contributed by atoms with E-state index < -0.39 is 0 Å². The van der Waals surface area contributed by atoms with Gasteiger partial charge in [-0.2, -0.15) is 0 Å². The van der Waals surface area contributed by atoms with Gasteiger partial charge in [-0.1, -0.05) is 23.2 Å². The molecule has 1 N–H and O–H groups in total. The maximum Gasteiger partial charge on any atom is 0.251 e. The van der Waals surface area contributed by atoms with E-state index >= 15 is 0 Å². The second-order valence-corrected chi connectivity index (χ2v) is 6.35. The molecule has 2 rings (SSSR count). The minimum absolute atomic E-state index is 0.000813. The van der Waals surface area contributed by atoms with Crippen molar-refractivity contribution in [2.75, 3.05) is 20.2 Å². The van der Waals surface area contributed by atoms with Crippen LogP contribution in [-0.4, -0.2) is 49.2 Å². The standard InChI is InChI=1S/C15H20Cl2N2O2/c1-9(2)19-7-13(14(8-19)21-3)18-15(20)10-4-5-11(16)12(17)6-10/h4-6,9,13-14H,7-8H2,1-3H3,(H,18,20)/t13-,14-/m0/s1. The first-order valence-electron chi connectivity index (χ1n) is 6.95. The molecule has 0 aliphatic carbocycles. The summed E-state index contributed by atoms with van der Waals surface area (Å²) in [5, 5.41) is 3.84. The zero-order chi connectivity index (χ0) is 15.6. The molecule has 6 heteroatoms. The van der Waals surface area contributed by atoms with Crippen LogP contribution in [0.4, 0.5) is 0 Å². The van der Waals surface area contributed by atoms with Crippen LogP contribution < -0.4 is 5.32 Å². The van der Waals surface area contributed by atoms with Gasteiger partial charge in [0.05, 0.1) is 22.2 Å². The van der Waals surface area contributed by atoms with E-state index in [9.17, 15) is 4.79 Å². The van der Waals surface area contributed by atoms with Gasteiger partial charge in [0.25, 0.3) is 5.91 Å². The van der Waals surface area contributed by atoms with E-state index in [4.69, 9.17) is 27.9 Å². The van der Waals surface area contributed by atoms with Crippen molar-refractivity contribution in [3.8, 4) is 0 Å². The molecule has 2 atom stereocenters. The summed E-state index contributed by atoms with van der Waals surface area (Å²) in [5.41, 5.74) is 0.502. The van der Waals surface area contributed by atoms with Crippen molar-refractivity contribution in [3.05, 3.63) is 33.8 Å². The van der Waals surface area contributed by atoms with Crippen LogP contribution >= 0.6 is 23.2 Å². The van der Waals surface area contributed by atoms with Crippen LogP contribution in [0.5, 0.6) is 0 Å². The summed E-state index contributed by atoms with van der Waals surface area (Å²) in [6.07, 6.45) is -0.000813. The van der Waals surface area contributed by atoms with Crippen molar-refractivity contribution < 1.29 is 9.53 Å². The molecule has 0 saturated carbocycles. The van der Waals surface area contributed by atoms with E-state index in [1.165, 1.54) is 0 Å². The van der Waals surface area contributed by atoms with Crippen LogP contribution in [0.1, 0.15) is 24.2 Å². The fourth-order valence-corrected chi connectivity index (χ4v) is 2.79. The summed E-state index contributed by atoms with van der Waals surface area (Å²) in [6.45, 7) is 5.87. The first kappa shape index (κ1) is 16.6. The normalized spacial score (nSPS) is 22.8. The zero-order valence-corrected chi connectivity index (χ0v) is 13.9. The average molecular weight is 331 g/mol. The minimum atomic E-state index is -0.161. The number of halogens is 2. The summed E-state index contributed by atoms with van der Waals surface area (Å²) in [4.78, 5) is 14.6. The lowest BCUT2D eigenvalue weighted by Gasteiger charge is -2.20. The molecule has 21 heavy (non-hydrogen) atoms. The highest BCUT2D eigenvalue weighted by Gasteiger charge is 2.35. The summed E-state index contributed by atoms with van der Waals surface area (Å²) in [5.74, 6) is -0.161. The average Bonchev–Trinajstić information content (AvgIpc) is 2.85. The molecule has 4 nitrogen and oxygen atoms in total.